The predicted octanol–water partition coefficient (Wildman–Crippen LogP) is 2.57. The maximum atomic E-state index is 14.8. The van der Waals surface area contributed by atoms with Gasteiger partial charge in [-0.3, -0.25) is 9.59 Å². The first kappa shape index (κ1) is 48.4. The SMILES string of the molecule is CC1(C)[C@H]2CC[C@@]3(C)[C@@H](C(=O)C=C4[C@@H]5C[C@](C)(C(=O)O)CC[C@@]5(C)CC[C@@]43C)[C@]2(C)CC[C@H]1O[C@@H]1O[C@@H](C(=O)O)[C@H](O)[C@@H](O)[C@@H]1O[C@H]1O[C@@H](C(=O)O)[C@H](O)[C@@H](O)[C@@H]1O.N.N. The molecule has 0 unspecified atom stereocenters. The van der Waals surface area contributed by atoms with Crippen molar-refractivity contribution in [2.45, 2.75) is 174 Å². The lowest BCUT2D eigenvalue weighted by atomic mass is 9.33. The highest BCUT2D eigenvalue weighted by atomic mass is 16.8. The van der Waals surface area contributed by atoms with Gasteiger partial charge in [-0.25, -0.2) is 9.59 Å². The molecular weight excluding hydrogens is 788 g/mol. The van der Waals surface area contributed by atoms with Gasteiger partial charge in [0.2, 0.25) is 0 Å². The summed E-state index contributed by atoms with van der Waals surface area (Å²) >= 11 is 0. The summed E-state index contributed by atoms with van der Waals surface area (Å²) in [6.45, 7) is 14.8. The summed E-state index contributed by atoms with van der Waals surface area (Å²) in [4.78, 5) is 51.3. The van der Waals surface area contributed by atoms with Crippen LogP contribution in [-0.4, -0.2) is 132 Å². The minimum absolute atomic E-state index is 0. The van der Waals surface area contributed by atoms with Crippen molar-refractivity contribution in [2.75, 3.05) is 0 Å². The summed E-state index contributed by atoms with van der Waals surface area (Å²) < 4.78 is 23.4. The van der Waals surface area contributed by atoms with Gasteiger partial charge in [0, 0.05) is 5.92 Å². The van der Waals surface area contributed by atoms with Gasteiger partial charge in [-0.2, -0.15) is 0 Å². The number of carboxylic acid groups (broad SMARTS) is 3. The number of aliphatic carboxylic acids is 3. The Hall–Kier alpha value is -2.62. The Morgan fingerprint density at radius 3 is 1.83 bits per heavy atom. The molecule has 7 rings (SSSR count). The van der Waals surface area contributed by atoms with E-state index in [-0.39, 0.29) is 46.7 Å². The van der Waals surface area contributed by atoms with Crippen LogP contribution < -0.4 is 12.3 Å². The van der Waals surface area contributed by atoms with Crippen molar-refractivity contribution in [3.05, 3.63) is 11.6 Å². The number of carbonyl (C=O) groups is 4. The molecule has 19 atom stereocenters. The maximum absolute atomic E-state index is 14.8. The predicted molar refractivity (Wildman–Crippen MR) is 209 cm³/mol. The second-order valence-electron chi connectivity index (χ2n) is 20.6. The first-order valence-electron chi connectivity index (χ1n) is 20.7. The molecule has 342 valence electrons. The van der Waals surface area contributed by atoms with E-state index >= 15 is 0 Å². The highest BCUT2D eigenvalue weighted by Crippen LogP contribution is 2.75. The van der Waals surface area contributed by atoms with Crippen LogP contribution in [0.1, 0.15) is 106 Å². The number of aliphatic hydroxyl groups is 5. The number of rotatable bonds is 7. The molecular formula is C42H68N2O16. The van der Waals surface area contributed by atoms with Crippen LogP contribution in [-0.2, 0) is 38.1 Å². The van der Waals surface area contributed by atoms with E-state index < -0.39 is 107 Å². The minimum Gasteiger partial charge on any atom is -0.481 e. The van der Waals surface area contributed by atoms with Gasteiger partial charge in [0.1, 0.15) is 36.6 Å². The van der Waals surface area contributed by atoms with Crippen molar-refractivity contribution in [2.24, 2.45) is 50.2 Å². The van der Waals surface area contributed by atoms with Crippen molar-refractivity contribution in [3.8, 4) is 0 Å². The molecule has 0 spiro atoms. The van der Waals surface area contributed by atoms with Crippen LogP contribution in [0.2, 0.25) is 0 Å². The first-order chi connectivity index (χ1) is 26.8. The third-order valence-corrected chi connectivity index (χ3v) is 17.2. The molecule has 0 aromatic carbocycles. The molecule has 7 aliphatic rings. The number of hydrogen-bond donors (Lipinski definition) is 10. The first-order valence-corrected chi connectivity index (χ1v) is 20.7. The van der Waals surface area contributed by atoms with Gasteiger partial charge >= 0.3 is 17.9 Å². The summed E-state index contributed by atoms with van der Waals surface area (Å²) in [5.74, 6) is -4.47. The van der Waals surface area contributed by atoms with Gasteiger partial charge in [-0.1, -0.05) is 47.1 Å². The van der Waals surface area contributed by atoms with Crippen LogP contribution in [0.3, 0.4) is 0 Å². The molecule has 2 aliphatic heterocycles. The van der Waals surface area contributed by atoms with Crippen molar-refractivity contribution >= 4 is 23.7 Å². The fraction of sp³-hybridized carbons (Fsp3) is 0.857. The number of carboxylic acids is 3. The van der Waals surface area contributed by atoms with Gasteiger partial charge in [0.15, 0.2) is 30.6 Å². The summed E-state index contributed by atoms with van der Waals surface area (Å²) in [6.07, 6.45) is -12.2. The smallest absolute Gasteiger partial charge is 0.335 e. The fourth-order valence-corrected chi connectivity index (χ4v) is 13.4. The number of ether oxygens (including phenoxy) is 4. The molecule has 14 N–H and O–H groups in total. The standard InChI is InChI=1S/C42H62O16.2H3N/c1-37(2)21-8-11-42(7)31(20(43)16-18-19-17-39(4,36(53)54)13-12-38(19,3)14-15-41(18,42)6)40(21,5)10-9-22(37)55-35-30(26(47)25(46)29(57-35)33(51)52)58-34-27(48)23(44)24(45)28(56-34)32(49)50;;/h16,19,21-31,34-35,44-48H,8-15,17H2,1-7H3,(H,49,50)(H,51,52)(H,53,54);2*1H3/t19-,21+,22+,23+,24+,25+,26+,27-,28+,29+,30-,31-,34+,35+,38-,39+,40+,41-,42-;;/m0../s1. The van der Waals surface area contributed by atoms with E-state index in [4.69, 9.17) is 18.9 Å². The van der Waals surface area contributed by atoms with E-state index in [1.165, 1.54) is 0 Å². The molecule has 0 bridgehead atoms. The normalized spacial score (nSPS) is 50.8. The summed E-state index contributed by atoms with van der Waals surface area (Å²) in [6, 6.07) is 0. The van der Waals surface area contributed by atoms with E-state index in [2.05, 4.69) is 27.7 Å². The van der Waals surface area contributed by atoms with Gasteiger partial charge in [0.05, 0.1) is 11.5 Å². The third kappa shape index (κ3) is 6.96. The monoisotopic (exact) mass is 856 g/mol. The van der Waals surface area contributed by atoms with Crippen molar-refractivity contribution in [1.29, 1.82) is 0 Å². The molecule has 18 heteroatoms. The van der Waals surface area contributed by atoms with Crippen molar-refractivity contribution in [3.63, 3.8) is 0 Å². The second kappa shape index (κ2) is 15.9. The Morgan fingerprint density at radius 1 is 0.683 bits per heavy atom. The Kier molecular flexibility index (Phi) is 12.8. The number of hydrogen-bond acceptors (Lipinski definition) is 15. The molecule has 0 aromatic rings. The Morgan fingerprint density at radius 2 is 1.25 bits per heavy atom. The Labute approximate surface area is 350 Å². The highest BCUT2D eigenvalue weighted by molar-refractivity contribution is 5.95. The molecule has 5 aliphatic carbocycles. The average molecular weight is 857 g/mol. The topological polar surface area (TPSA) is 337 Å². The number of ketones is 1. The van der Waals surface area contributed by atoms with Gasteiger partial charge < -0.3 is 72.1 Å². The molecule has 6 fully saturated rings. The van der Waals surface area contributed by atoms with Crippen molar-refractivity contribution < 1.29 is 79.0 Å². The van der Waals surface area contributed by atoms with Crippen LogP contribution >= 0.6 is 0 Å². The lowest BCUT2D eigenvalue weighted by molar-refractivity contribution is -0.371. The summed E-state index contributed by atoms with van der Waals surface area (Å²) in [5, 5.41) is 83.0. The molecule has 60 heavy (non-hydrogen) atoms. The van der Waals surface area contributed by atoms with Crippen LogP contribution in [0.5, 0.6) is 0 Å². The second-order valence-corrected chi connectivity index (χ2v) is 20.6. The quantitative estimate of drug-likeness (QED) is 0.164. The number of fused-ring (bicyclic) bond motifs is 7. The molecule has 18 nitrogen and oxygen atoms in total. The number of aliphatic hydroxyl groups excluding tert-OH is 5. The van der Waals surface area contributed by atoms with Gasteiger partial charge in [-0.05, 0) is 110 Å². The molecule has 4 saturated carbocycles. The van der Waals surface area contributed by atoms with E-state index in [9.17, 15) is 60.0 Å². The van der Waals surface area contributed by atoms with Crippen LogP contribution in [0.15, 0.2) is 11.6 Å². The number of carbonyl (C=O) groups excluding carboxylic acids is 1. The van der Waals surface area contributed by atoms with Crippen molar-refractivity contribution in [1.82, 2.24) is 12.3 Å². The molecule has 0 aromatic heterocycles. The van der Waals surface area contributed by atoms with E-state index in [0.717, 1.165) is 37.7 Å². The van der Waals surface area contributed by atoms with Crippen LogP contribution in [0, 0.1) is 50.2 Å². The van der Waals surface area contributed by atoms with E-state index in [0.29, 0.717) is 25.7 Å². The third-order valence-electron chi connectivity index (χ3n) is 17.2. The zero-order valence-corrected chi connectivity index (χ0v) is 35.8. The lowest BCUT2D eigenvalue weighted by Crippen LogP contribution is -2.68. The minimum atomic E-state index is -2.05. The van der Waals surface area contributed by atoms with Gasteiger partial charge in [-0.15, -0.1) is 0 Å². The lowest BCUT2D eigenvalue weighted by Gasteiger charge is -2.70. The van der Waals surface area contributed by atoms with Gasteiger partial charge in [0.25, 0.3) is 0 Å². The maximum Gasteiger partial charge on any atom is 0.335 e. The molecule has 2 heterocycles. The van der Waals surface area contributed by atoms with E-state index in [1.807, 2.05) is 26.8 Å². The summed E-state index contributed by atoms with van der Waals surface area (Å²) in [5.41, 5.74) is -1.81. The fourth-order valence-electron chi connectivity index (χ4n) is 13.4. The molecule has 2 saturated heterocycles. The Bertz CT molecular complexity index is 1740. The number of allylic oxidation sites excluding steroid dienone is 2. The van der Waals surface area contributed by atoms with E-state index in [1.54, 1.807) is 0 Å². The Balaban J connectivity index is 0.00000341. The largest absolute Gasteiger partial charge is 0.481 e. The highest BCUT2D eigenvalue weighted by Gasteiger charge is 2.71. The average Bonchev–Trinajstić information content (AvgIpc) is 3.13. The van der Waals surface area contributed by atoms with Crippen LogP contribution in [0.25, 0.3) is 0 Å². The zero-order chi connectivity index (χ0) is 42.9. The van der Waals surface area contributed by atoms with Crippen LogP contribution in [0.4, 0.5) is 0 Å². The summed E-state index contributed by atoms with van der Waals surface area (Å²) in [7, 11) is 0. The zero-order valence-electron chi connectivity index (χ0n) is 35.8. The molecule has 0 radical (unpaired) electrons. The molecule has 0 amide bonds.